The Labute approximate surface area is 152 Å². The Morgan fingerprint density at radius 1 is 1.27 bits per heavy atom. The van der Waals surface area contributed by atoms with E-state index in [-0.39, 0.29) is 11.7 Å². The van der Waals surface area contributed by atoms with Crippen molar-refractivity contribution in [1.29, 1.82) is 0 Å². The maximum atomic E-state index is 13.0. The first-order valence-electron chi connectivity index (χ1n) is 8.48. The Bertz CT molecular complexity index is 818. The smallest absolute Gasteiger partial charge is 0.285 e. The Kier molecular flexibility index (Phi) is 5.55. The van der Waals surface area contributed by atoms with Crippen molar-refractivity contribution < 1.29 is 23.3 Å². The lowest BCUT2D eigenvalue weighted by Gasteiger charge is -2.32. The molecule has 1 N–H and O–H groups in total. The third kappa shape index (κ3) is 4.38. The van der Waals surface area contributed by atoms with Crippen molar-refractivity contribution in [3.05, 3.63) is 48.0 Å². The summed E-state index contributed by atoms with van der Waals surface area (Å²) in [5.74, 6) is -1.10. The number of hydrogen-bond acceptors (Lipinski definition) is 5. The van der Waals surface area contributed by atoms with Crippen LogP contribution in [-0.2, 0) is 30.5 Å². The highest BCUT2D eigenvalue weighted by Gasteiger charge is 2.43. The Balaban J connectivity index is 1.70. The third-order valence-corrected chi connectivity index (χ3v) is 6.70. The molecule has 140 valence electrons. The predicted molar refractivity (Wildman–Crippen MR) is 97.0 cm³/mol. The number of amides is 2. The van der Waals surface area contributed by atoms with Gasteiger partial charge in [0.1, 0.15) is 0 Å². The highest BCUT2D eigenvalue weighted by molar-refractivity contribution is 7.94. The van der Waals surface area contributed by atoms with E-state index in [1.165, 1.54) is 6.08 Å². The van der Waals surface area contributed by atoms with Crippen LogP contribution in [0, 0.1) is 0 Å². The van der Waals surface area contributed by atoms with Crippen molar-refractivity contribution in [2.45, 2.75) is 25.2 Å². The van der Waals surface area contributed by atoms with Crippen LogP contribution in [0.3, 0.4) is 0 Å². The number of hydrogen-bond donors (Lipinski definition) is 1. The van der Waals surface area contributed by atoms with Crippen LogP contribution in [0.25, 0.3) is 0 Å². The molecule has 0 saturated carbocycles. The number of rotatable bonds is 4. The fourth-order valence-electron chi connectivity index (χ4n) is 3.09. The molecule has 2 saturated heterocycles. The van der Waals surface area contributed by atoms with Gasteiger partial charge in [0, 0.05) is 24.3 Å². The van der Waals surface area contributed by atoms with E-state index in [4.69, 9.17) is 9.47 Å². The molecule has 7 nitrogen and oxygen atoms in total. The quantitative estimate of drug-likeness (QED) is 0.804. The van der Waals surface area contributed by atoms with Gasteiger partial charge < -0.3 is 14.8 Å². The van der Waals surface area contributed by atoms with Crippen molar-refractivity contribution in [3.8, 4) is 0 Å². The van der Waals surface area contributed by atoms with Crippen LogP contribution in [0.15, 0.2) is 41.3 Å². The summed E-state index contributed by atoms with van der Waals surface area (Å²) in [4.78, 5) is 23.6. The zero-order valence-corrected chi connectivity index (χ0v) is 15.3. The molecule has 2 heterocycles. The maximum absolute atomic E-state index is 13.0. The third-order valence-electron chi connectivity index (χ3n) is 4.38. The van der Waals surface area contributed by atoms with E-state index < -0.39 is 21.4 Å². The van der Waals surface area contributed by atoms with Crippen LogP contribution in [0.5, 0.6) is 0 Å². The van der Waals surface area contributed by atoms with Gasteiger partial charge in [0.2, 0.25) is 5.91 Å². The number of benzene rings is 1. The standard InChI is InChI=1S/C18H22N2O5S/c1-2-16(21)19-12-14-4-6-15(7-5-14)17(22)20-26(23)11-3-8-18(13-26)24-9-10-25-18/h2,4-7H,1,3,8-13H2,(H,19,21). The van der Waals surface area contributed by atoms with Crippen LogP contribution in [0.2, 0.25) is 0 Å². The van der Waals surface area contributed by atoms with Gasteiger partial charge in [0.15, 0.2) is 5.79 Å². The normalized spacial score (nSPS) is 24.2. The van der Waals surface area contributed by atoms with E-state index in [1.807, 2.05) is 0 Å². The predicted octanol–water partition coefficient (Wildman–Crippen LogP) is 1.63. The first-order chi connectivity index (χ1) is 12.4. The highest BCUT2D eigenvalue weighted by atomic mass is 32.2. The molecule has 8 heteroatoms. The van der Waals surface area contributed by atoms with Crippen molar-refractivity contribution in [2.75, 3.05) is 24.7 Å². The molecule has 1 spiro atoms. The van der Waals surface area contributed by atoms with Crippen molar-refractivity contribution in [3.63, 3.8) is 0 Å². The lowest BCUT2D eigenvalue weighted by molar-refractivity contribution is -0.145. The molecule has 2 amide bonds. The van der Waals surface area contributed by atoms with Crippen molar-refractivity contribution in [1.82, 2.24) is 5.32 Å². The molecule has 2 aliphatic heterocycles. The molecule has 1 atom stereocenters. The zero-order chi connectivity index (χ0) is 18.6. The van der Waals surface area contributed by atoms with Crippen LogP contribution >= 0.6 is 0 Å². The lowest BCUT2D eigenvalue weighted by atomic mass is 10.1. The molecule has 0 bridgehead atoms. The molecule has 1 aromatic carbocycles. The highest BCUT2D eigenvalue weighted by Crippen LogP contribution is 2.32. The molecule has 0 aromatic heterocycles. The fraction of sp³-hybridized carbons (Fsp3) is 0.444. The van der Waals surface area contributed by atoms with Gasteiger partial charge in [-0.05, 0) is 30.2 Å². The lowest BCUT2D eigenvalue weighted by Crippen LogP contribution is -2.43. The van der Waals surface area contributed by atoms with Crippen LogP contribution in [0.4, 0.5) is 0 Å². The SMILES string of the molecule is C=CC(=O)NCc1ccc(C(=O)N=S2(=O)CCCC3(C2)OCCO3)cc1. The molecule has 2 aliphatic rings. The molecule has 3 rings (SSSR count). The van der Waals surface area contributed by atoms with Gasteiger partial charge in [0.05, 0.1) is 28.7 Å². The van der Waals surface area contributed by atoms with E-state index in [0.717, 1.165) is 5.56 Å². The van der Waals surface area contributed by atoms with E-state index in [2.05, 4.69) is 16.3 Å². The van der Waals surface area contributed by atoms with Gasteiger partial charge in [0.25, 0.3) is 5.91 Å². The molecule has 1 unspecified atom stereocenters. The summed E-state index contributed by atoms with van der Waals surface area (Å²) in [6, 6.07) is 6.69. The summed E-state index contributed by atoms with van der Waals surface area (Å²) in [5, 5.41) is 2.66. The Morgan fingerprint density at radius 3 is 2.62 bits per heavy atom. The first-order valence-corrected chi connectivity index (χ1v) is 10.3. The maximum Gasteiger partial charge on any atom is 0.285 e. The largest absolute Gasteiger partial charge is 0.348 e. The number of ether oxygens (including phenoxy) is 2. The molecule has 1 aromatic rings. The van der Waals surface area contributed by atoms with E-state index in [1.54, 1.807) is 24.3 Å². The minimum atomic E-state index is -2.71. The molecular formula is C18H22N2O5S. The zero-order valence-electron chi connectivity index (χ0n) is 14.4. The van der Waals surface area contributed by atoms with E-state index in [0.29, 0.717) is 43.9 Å². The van der Waals surface area contributed by atoms with Crippen LogP contribution in [-0.4, -0.2) is 46.5 Å². The summed E-state index contributed by atoms with van der Waals surface area (Å²) in [7, 11) is -2.71. The van der Waals surface area contributed by atoms with Crippen LogP contribution < -0.4 is 5.32 Å². The first kappa shape index (κ1) is 18.8. The molecule has 0 radical (unpaired) electrons. The number of carbonyl (C=O) groups is 2. The van der Waals surface area contributed by atoms with Gasteiger partial charge in [-0.1, -0.05) is 18.7 Å². The van der Waals surface area contributed by atoms with Crippen molar-refractivity contribution in [2.24, 2.45) is 4.36 Å². The second-order valence-corrected chi connectivity index (χ2v) is 8.77. The molecule has 0 aliphatic carbocycles. The Morgan fingerprint density at radius 2 is 1.96 bits per heavy atom. The van der Waals surface area contributed by atoms with Crippen LogP contribution in [0.1, 0.15) is 28.8 Å². The monoisotopic (exact) mass is 378 g/mol. The second kappa shape index (κ2) is 7.69. The molecular weight excluding hydrogens is 356 g/mol. The average molecular weight is 378 g/mol. The topological polar surface area (TPSA) is 94.1 Å². The van der Waals surface area contributed by atoms with Gasteiger partial charge in [-0.2, -0.15) is 4.36 Å². The van der Waals surface area contributed by atoms with Gasteiger partial charge in [-0.15, -0.1) is 0 Å². The summed E-state index contributed by atoms with van der Waals surface area (Å²) >= 11 is 0. The second-order valence-electron chi connectivity index (χ2n) is 6.35. The number of nitrogens with zero attached hydrogens (tertiary/aromatic N) is 1. The Hall–Kier alpha value is -2.03. The summed E-state index contributed by atoms with van der Waals surface area (Å²) in [5.41, 5.74) is 1.20. The van der Waals surface area contributed by atoms with Crippen molar-refractivity contribution >= 4 is 21.5 Å². The minimum Gasteiger partial charge on any atom is -0.348 e. The fourth-order valence-corrected chi connectivity index (χ4v) is 5.39. The van der Waals surface area contributed by atoms with Gasteiger partial charge in [-0.25, -0.2) is 4.21 Å². The van der Waals surface area contributed by atoms with Gasteiger partial charge in [-0.3, -0.25) is 9.59 Å². The minimum absolute atomic E-state index is 0.136. The van der Waals surface area contributed by atoms with E-state index >= 15 is 0 Å². The number of carbonyl (C=O) groups excluding carboxylic acids is 2. The van der Waals surface area contributed by atoms with Gasteiger partial charge >= 0.3 is 0 Å². The summed E-state index contributed by atoms with van der Waals surface area (Å²) < 4.78 is 28.3. The molecule has 2 fully saturated rings. The number of nitrogens with one attached hydrogen (secondary N) is 1. The summed E-state index contributed by atoms with van der Waals surface area (Å²) in [6.07, 6.45) is 2.53. The van der Waals surface area contributed by atoms with E-state index in [9.17, 15) is 13.8 Å². The molecule has 26 heavy (non-hydrogen) atoms. The summed E-state index contributed by atoms with van der Waals surface area (Å²) in [6.45, 7) is 4.68. The average Bonchev–Trinajstić information content (AvgIpc) is 3.06.